The molecule has 1 amide bonds. The molecule has 2 aromatic carbocycles. The first kappa shape index (κ1) is 19.9. The van der Waals surface area contributed by atoms with E-state index in [1.165, 1.54) is 11.3 Å². The maximum Gasteiger partial charge on any atom is 0.226 e. The number of benzene rings is 2. The summed E-state index contributed by atoms with van der Waals surface area (Å²) in [5.74, 6) is 0.701. The molecule has 3 aromatic rings. The quantitative estimate of drug-likeness (QED) is 0.415. The molecule has 0 unspecified atom stereocenters. The Hall–Kier alpha value is -1.89. The van der Waals surface area contributed by atoms with E-state index in [1.54, 1.807) is 0 Å². The summed E-state index contributed by atoms with van der Waals surface area (Å²) in [5.41, 5.74) is 2.77. The predicted molar refractivity (Wildman–Crippen MR) is 115 cm³/mol. The second kappa shape index (κ2) is 9.35. The highest BCUT2D eigenvalue weighted by atomic mass is 79.9. The first-order chi connectivity index (χ1) is 13.0. The fraction of sp³-hybridized carbons (Fsp3) is 0.200. The Morgan fingerprint density at radius 3 is 2.89 bits per heavy atom. The Balaban J connectivity index is 1.46. The van der Waals surface area contributed by atoms with E-state index in [0.717, 1.165) is 27.0 Å². The van der Waals surface area contributed by atoms with Gasteiger partial charge in [-0.2, -0.15) is 0 Å². The molecule has 27 heavy (non-hydrogen) atoms. The van der Waals surface area contributed by atoms with Gasteiger partial charge in [0.1, 0.15) is 5.75 Å². The summed E-state index contributed by atoms with van der Waals surface area (Å²) in [6.07, 6.45) is 0.985. The lowest BCUT2D eigenvalue weighted by atomic mass is 10.2. The third kappa shape index (κ3) is 5.54. The van der Waals surface area contributed by atoms with Gasteiger partial charge in [0, 0.05) is 22.4 Å². The van der Waals surface area contributed by atoms with Crippen LogP contribution < -0.4 is 10.1 Å². The van der Waals surface area contributed by atoms with Crippen LogP contribution in [0.15, 0.2) is 52.3 Å². The molecular formula is C20H18BrClN2O2S. The fourth-order valence-electron chi connectivity index (χ4n) is 2.44. The summed E-state index contributed by atoms with van der Waals surface area (Å²) in [5, 5.41) is 5.92. The van der Waals surface area contributed by atoms with Crippen molar-refractivity contribution in [3.8, 4) is 17.0 Å². The Kier molecular flexibility index (Phi) is 6.88. The molecule has 0 spiro atoms. The van der Waals surface area contributed by atoms with E-state index in [9.17, 15) is 4.79 Å². The topological polar surface area (TPSA) is 51.2 Å². The first-order valence-electron chi connectivity index (χ1n) is 8.42. The van der Waals surface area contributed by atoms with Crippen LogP contribution in [0.3, 0.4) is 0 Å². The second-order valence-corrected chi connectivity index (χ2v) is 8.07. The number of carbonyl (C=O) groups is 1. The lowest BCUT2D eigenvalue weighted by Crippen LogP contribution is -2.12. The third-order valence-electron chi connectivity index (χ3n) is 3.79. The maximum absolute atomic E-state index is 12.1. The molecule has 0 aliphatic carbocycles. The number of nitrogens with zero attached hydrogens (tertiary/aromatic N) is 1. The average Bonchev–Trinajstić information content (AvgIpc) is 3.08. The van der Waals surface area contributed by atoms with E-state index in [4.69, 9.17) is 16.3 Å². The molecule has 1 N–H and O–H groups in total. The SMILES string of the molecule is Cc1ccc(OCCCC(=O)Nc2nc(-c3ccccc3Cl)cs2)c(Br)c1. The molecular weight excluding hydrogens is 448 g/mol. The molecule has 7 heteroatoms. The van der Waals surface area contributed by atoms with E-state index in [1.807, 2.05) is 54.8 Å². The van der Waals surface area contributed by atoms with Gasteiger partial charge in [-0.25, -0.2) is 4.98 Å². The molecule has 0 bridgehead atoms. The molecule has 0 fully saturated rings. The highest BCUT2D eigenvalue weighted by molar-refractivity contribution is 9.10. The fourth-order valence-corrected chi connectivity index (χ4v) is 4.01. The number of aromatic nitrogens is 1. The zero-order valence-electron chi connectivity index (χ0n) is 14.7. The van der Waals surface area contributed by atoms with Crippen LogP contribution in [-0.2, 0) is 4.79 Å². The van der Waals surface area contributed by atoms with E-state index < -0.39 is 0 Å². The van der Waals surface area contributed by atoms with E-state index in [2.05, 4.69) is 26.2 Å². The number of halogens is 2. The number of nitrogens with one attached hydrogen (secondary N) is 1. The van der Waals surface area contributed by atoms with Gasteiger partial charge in [0.05, 0.1) is 16.8 Å². The van der Waals surface area contributed by atoms with Crippen LogP contribution in [-0.4, -0.2) is 17.5 Å². The van der Waals surface area contributed by atoms with Crippen LogP contribution in [0.2, 0.25) is 5.02 Å². The number of hydrogen-bond acceptors (Lipinski definition) is 4. The third-order valence-corrected chi connectivity index (χ3v) is 5.50. The Bertz CT molecular complexity index is 945. The number of ether oxygens (including phenoxy) is 1. The maximum atomic E-state index is 12.1. The van der Waals surface area contributed by atoms with Crippen LogP contribution in [0.25, 0.3) is 11.3 Å². The van der Waals surface area contributed by atoms with Crippen molar-refractivity contribution in [2.75, 3.05) is 11.9 Å². The van der Waals surface area contributed by atoms with Crippen molar-refractivity contribution in [2.45, 2.75) is 19.8 Å². The molecule has 1 heterocycles. The number of thiazole rings is 1. The number of rotatable bonds is 7. The Labute approximate surface area is 175 Å². The summed E-state index contributed by atoms with van der Waals surface area (Å²) in [7, 11) is 0. The minimum atomic E-state index is -0.0818. The lowest BCUT2D eigenvalue weighted by molar-refractivity contribution is -0.116. The summed E-state index contributed by atoms with van der Waals surface area (Å²) in [6.45, 7) is 2.49. The molecule has 0 saturated heterocycles. The standard InChI is InChI=1S/C20H18BrClN2O2S/c1-13-8-9-18(15(21)11-13)26-10-4-7-19(25)24-20-23-17(12-27-20)14-5-2-3-6-16(14)22/h2-3,5-6,8-9,11-12H,4,7,10H2,1H3,(H,23,24,25). The van der Waals surface area contributed by atoms with Crippen molar-refractivity contribution in [1.82, 2.24) is 4.98 Å². The smallest absolute Gasteiger partial charge is 0.226 e. The van der Waals surface area contributed by atoms with Gasteiger partial charge in [0.15, 0.2) is 5.13 Å². The number of carbonyl (C=O) groups excluding carboxylic acids is 1. The average molecular weight is 466 g/mol. The van der Waals surface area contributed by atoms with Gasteiger partial charge in [0.25, 0.3) is 0 Å². The molecule has 0 atom stereocenters. The van der Waals surface area contributed by atoms with Crippen molar-refractivity contribution in [2.24, 2.45) is 0 Å². The normalized spacial score (nSPS) is 10.6. The van der Waals surface area contributed by atoms with Crippen LogP contribution in [0, 0.1) is 6.92 Å². The number of hydrogen-bond donors (Lipinski definition) is 1. The van der Waals surface area contributed by atoms with Gasteiger partial charge >= 0.3 is 0 Å². The van der Waals surface area contributed by atoms with Gasteiger partial charge in [-0.1, -0.05) is 35.9 Å². The van der Waals surface area contributed by atoms with Crippen LogP contribution >= 0.6 is 38.9 Å². The van der Waals surface area contributed by atoms with Crippen molar-refractivity contribution < 1.29 is 9.53 Å². The monoisotopic (exact) mass is 464 g/mol. The van der Waals surface area contributed by atoms with Crippen LogP contribution in [0.1, 0.15) is 18.4 Å². The molecule has 4 nitrogen and oxygen atoms in total. The van der Waals surface area contributed by atoms with Gasteiger partial charge in [-0.05, 0) is 53.0 Å². The van der Waals surface area contributed by atoms with Crippen LogP contribution in [0.4, 0.5) is 5.13 Å². The molecule has 0 saturated carbocycles. The molecule has 0 radical (unpaired) electrons. The summed E-state index contributed by atoms with van der Waals surface area (Å²) in [4.78, 5) is 16.6. The number of anilines is 1. The summed E-state index contributed by atoms with van der Waals surface area (Å²) >= 11 is 11.0. The van der Waals surface area contributed by atoms with E-state index in [-0.39, 0.29) is 5.91 Å². The van der Waals surface area contributed by atoms with E-state index in [0.29, 0.717) is 29.6 Å². The highest BCUT2D eigenvalue weighted by Crippen LogP contribution is 2.30. The highest BCUT2D eigenvalue weighted by Gasteiger charge is 2.10. The van der Waals surface area contributed by atoms with Gasteiger partial charge in [-0.3, -0.25) is 4.79 Å². The predicted octanol–water partition coefficient (Wildman–Crippen LogP) is 6.33. The van der Waals surface area contributed by atoms with Crippen molar-refractivity contribution in [3.05, 3.63) is 62.9 Å². The lowest BCUT2D eigenvalue weighted by Gasteiger charge is -2.08. The van der Waals surface area contributed by atoms with Crippen LogP contribution in [0.5, 0.6) is 5.75 Å². The summed E-state index contributed by atoms with van der Waals surface area (Å²) in [6, 6.07) is 13.4. The Morgan fingerprint density at radius 2 is 2.11 bits per heavy atom. The molecule has 0 aliphatic rings. The number of aryl methyl sites for hydroxylation is 1. The zero-order chi connectivity index (χ0) is 19.2. The number of amides is 1. The van der Waals surface area contributed by atoms with Gasteiger partial charge in [0.2, 0.25) is 5.91 Å². The van der Waals surface area contributed by atoms with Gasteiger partial charge in [-0.15, -0.1) is 11.3 Å². The van der Waals surface area contributed by atoms with E-state index >= 15 is 0 Å². The molecule has 3 rings (SSSR count). The van der Waals surface area contributed by atoms with Crippen molar-refractivity contribution in [3.63, 3.8) is 0 Å². The first-order valence-corrected chi connectivity index (χ1v) is 10.5. The van der Waals surface area contributed by atoms with Crippen molar-refractivity contribution >= 4 is 49.9 Å². The van der Waals surface area contributed by atoms with Crippen molar-refractivity contribution in [1.29, 1.82) is 0 Å². The Morgan fingerprint density at radius 1 is 1.30 bits per heavy atom. The van der Waals surface area contributed by atoms with Gasteiger partial charge < -0.3 is 10.1 Å². The zero-order valence-corrected chi connectivity index (χ0v) is 17.8. The molecule has 0 aliphatic heterocycles. The minimum Gasteiger partial charge on any atom is -0.492 e. The second-order valence-electron chi connectivity index (χ2n) is 5.95. The minimum absolute atomic E-state index is 0.0818. The molecule has 1 aromatic heterocycles. The largest absolute Gasteiger partial charge is 0.492 e. The summed E-state index contributed by atoms with van der Waals surface area (Å²) < 4.78 is 6.63. The molecule has 140 valence electrons.